The highest BCUT2D eigenvalue weighted by Gasteiger charge is 2.44. The average molecular weight is 396 g/mol. The number of aryl methyl sites for hydroxylation is 1. The summed E-state index contributed by atoms with van der Waals surface area (Å²) < 4.78 is 10.7. The standard InChI is InChI=1S/C22H24N2O5/c1-12(2)19(24-21(26)14-8-6-7-9-15(14)22(24)27)20(25)23-16-11-17(28-4)13(3)10-18(16)29-5/h6-12,19H,1-5H3,(H,23,25). The van der Waals surface area contributed by atoms with Crippen molar-refractivity contribution < 1.29 is 23.9 Å². The van der Waals surface area contributed by atoms with E-state index in [1.54, 1.807) is 50.2 Å². The third-order valence-corrected chi connectivity index (χ3v) is 4.98. The van der Waals surface area contributed by atoms with Crippen LogP contribution in [-0.2, 0) is 4.79 Å². The van der Waals surface area contributed by atoms with Gasteiger partial charge in [-0.15, -0.1) is 0 Å². The number of nitrogens with zero attached hydrogens (tertiary/aromatic N) is 1. The lowest BCUT2D eigenvalue weighted by molar-refractivity contribution is -0.121. The van der Waals surface area contributed by atoms with Crippen molar-refractivity contribution in [1.82, 2.24) is 4.90 Å². The number of methoxy groups -OCH3 is 2. The minimum atomic E-state index is -0.973. The fourth-order valence-electron chi connectivity index (χ4n) is 3.53. The zero-order valence-corrected chi connectivity index (χ0v) is 17.1. The van der Waals surface area contributed by atoms with E-state index in [4.69, 9.17) is 9.47 Å². The van der Waals surface area contributed by atoms with E-state index < -0.39 is 23.8 Å². The van der Waals surface area contributed by atoms with Crippen LogP contribution in [0.4, 0.5) is 5.69 Å². The van der Waals surface area contributed by atoms with Crippen molar-refractivity contribution in [2.24, 2.45) is 5.92 Å². The van der Waals surface area contributed by atoms with Gasteiger partial charge in [-0.1, -0.05) is 26.0 Å². The fraction of sp³-hybridized carbons (Fsp3) is 0.318. The van der Waals surface area contributed by atoms with E-state index in [1.807, 2.05) is 6.92 Å². The lowest BCUT2D eigenvalue weighted by Gasteiger charge is -2.28. The number of ether oxygens (including phenoxy) is 2. The number of carbonyl (C=O) groups is 3. The monoisotopic (exact) mass is 396 g/mol. The van der Waals surface area contributed by atoms with Gasteiger partial charge in [0.25, 0.3) is 11.8 Å². The molecule has 1 N–H and O–H groups in total. The van der Waals surface area contributed by atoms with E-state index in [1.165, 1.54) is 14.2 Å². The third-order valence-electron chi connectivity index (χ3n) is 4.98. The van der Waals surface area contributed by atoms with Crippen LogP contribution in [-0.4, -0.2) is 42.9 Å². The molecule has 0 bridgehead atoms. The molecule has 152 valence electrons. The molecule has 0 aromatic heterocycles. The number of nitrogens with one attached hydrogen (secondary N) is 1. The van der Waals surface area contributed by atoms with Crippen LogP contribution in [0.25, 0.3) is 0 Å². The predicted octanol–water partition coefficient (Wildman–Crippen LogP) is 3.27. The Labute approximate surface area is 169 Å². The maximum Gasteiger partial charge on any atom is 0.262 e. The highest BCUT2D eigenvalue weighted by Crippen LogP contribution is 2.34. The molecule has 0 spiro atoms. The average Bonchev–Trinajstić information content (AvgIpc) is 2.94. The lowest BCUT2D eigenvalue weighted by atomic mass is 10.0. The molecule has 7 nitrogen and oxygen atoms in total. The van der Waals surface area contributed by atoms with Crippen LogP contribution in [0.5, 0.6) is 11.5 Å². The molecule has 0 fully saturated rings. The first-order valence-corrected chi connectivity index (χ1v) is 9.30. The van der Waals surface area contributed by atoms with Gasteiger partial charge >= 0.3 is 0 Å². The van der Waals surface area contributed by atoms with Crippen LogP contribution in [0.2, 0.25) is 0 Å². The molecular weight excluding hydrogens is 372 g/mol. The van der Waals surface area contributed by atoms with Crippen molar-refractivity contribution >= 4 is 23.4 Å². The lowest BCUT2D eigenvalue weighted by Crippen LogP contribution is -2.50. The van der Waals surface area contributed by atoms with E-state index in [2.05, 4.69) is 5.32 Å². The minimum Gasteiger partial charge on any atom is -0.496 e. The molecule has 3 amide bonds. The third kappa shape index (κ3) is 3.55. The second kappa shape index (κ2) is 7.95. The fourth-order valence-corrected chi connectivity index (χ4v) is 3.53. The number of rotatable bonds is 6. The smallest absolute Gasteiger partial charge is 0.262 e. The number of carbonyl (C=O) groups excluding carboxylic acids is 3. The summed E-state index contributed by atoms with van der Waals surface area (Å²) in [6, 6.07) is 9.02. The van der Waals surface area contributed by atoms with Gasteiger partial charge in [0.1, 0.15) is 17.5 Å². The van der Waals surface area contributed by atoms with Gasteiger partial charge in [-0.2, -0.15) is 0 Å². The quantitative estimate of drug-likeness (QED) is 0.758. The molecule has 1 heterocycles. The van der Waals surface area contributed by atoms with Crippen LogP contribution < -0.4 is 14.8 Å². The summed E-state index contributed by atoms with van der Waals surface area (Å²) in [7, 11) is 3.04. The molecular formula is C22H24N2O5. The molecule has 1 unspecified atom stereocenters. The van der Waals surface area contributed by atoms with Gasteiger partial charge in [-0.25, -0.2) is 0 Å². The first kappa shape index (κ1) is 20.4. The summed E-state index contributed by atoms with van der Waals surface area (Å²) in [5.74, 6) is -0.653. The molecule has 3 rings (SSSR count). The zero-order chi connectivity index (χ0) is 21.3. The van der Waals surface area contributed by atoms with E-state index >= 15 is 0 Å². The Kier molecular flexibility index (Phi) is 5.59. The van der Waals surface area contributed by atoms with Gasteiger partial charge in [0.2, 0.25) is 5.91 Å². The van der Waals surface area contributed by atoms with Crippen molar-refractivity contribution in [3.8, 4) is 11.5 Å². The van der Waals surface area contributed by atoms with Gasteiger partial charge in [-0.3, -0.25) is 19.3 Å². The first-order chi connectivity index (χ1) is 13.8. The molecule has 1 aliphatic heterocycles. The number of hydrogen-bond acceptors (Lipinski definition) is 5. The van der Waals surface area contributed by atoms with Crippen LogP contribution >= 0.6 is 0 Å². The summed E-state index contributed by atoms with van der Waals surface area (Å²) in [4.78, 5) is 39.9. The maximum atomic E-state index is 13.2. The van der Waals surface area contributed by atoms with Crippen molar-refractivity contribution in [2.75, 3.05) is 19.5 Å². The number of hydrogen-bond donors (Lipinski definition) is 1. The zero-order valence-electron chi connectivity index (χ0n) is 17.1. The second-order valence-corrected chi connectivity index (χ2v) is 7.23. The Balaban J connectivity index is 1.95. The molecule has 0 radical (unpaired) electrons. The second-order valence-electron chi connectivity index (χ2n) is 7.23. The van der Waals surface area contributed by atoms with Crippen LogP contribution in [0.15, 0.2) is 36.4 Å². The number of fused-ring (bicyclic) bond motifs is 1. The van der Waals surface area contributed by atoms with Crippen molar-refractivity contribution in [2.45, 2.75) is 26.8 Å². The van der Waals surface area contributed by atoms with Gasteiger partial charge in [-0.05, 0) is 36.6 Å². The summed E-state index contributed by atoms with van der Waals surface area (Å²) in [5, 5.41) is 2.80. The van der Waals surface area contributed by atoms with Crippen molar-refractivity contribution in [3.63, 3.8) is 0 Å². The summed E-state index contributed by atoms with van der Waals surface area (Å²) >= 11 is 0. The maximum absolute atomic E-state index is 13.2. The van der Waals surface area contributed by atoms with Gasteiger partial charge in [0.15, 0.2) is 0 Å². The molecule has 2 aromatic rings. The first-order valence-electron chi connectivity index (χ1n) is 9.30. The molecule has 0 aliphatic carbocycles. The number of benzene rings is 2. The molecule has 29 heavy (non-hydrogen) atoms. The highest BCUT2D eigenvalue weighted by molar-refractivity contribution is 6.23. The van der Waals surface area contributed by atoms with Crippen molar-refractivity contribution in [3.05, 3.63) is 53.1 Å². The molecule has 0 saturated heterocycles. The summed E-state index contributed by atoms with van der Waals surface area (Å²) in [6.07, 6.45) is 0. The summed E-state index contributed by atoms with van der Waals surface area (Å²) in [5.41, 5.74) is 1.88. The van der Waals surface area contributed by atoms with E-state index in [0.717, 1.165) is 10.5 Å². The van der Waals surface area contributed by atoms with Crippen LogP contribution in [0, 0.1) is 12.8 Å². The van der Waals surface area contributed by atoms with Crippen molar-refractivity contribution in [1.29, 1.82) is 0 Å². The number of amides is 3. The van der Waals surface area contributed by atoms with E-state index in [0.29, 0.717) is 28.3 Å². The Morgan fingerprint density at radius 2 is 1.52 bits per heavy atom. The van der Waals surface area contributed by atoms with Gasteiger partial charge in [0.05, 0.1) is 31.0 Å². The normalized spacial score (nSPS) is 14.1. The predicted molar refractivity (Wildman–Crippen MR) is 108 cm³/mol. The van der Waals surface area contributed by atoms with Crippen LogP contribution in [0.3, 0.4) is 0 Å². The molecule has 1 aliphatic rings. The summed E-state index contributed by atoms with van der Waals surface area (Å²) in [6.45, 7) is 5.45. The minimum absolute atomic E-state index is 0.296. The Bertz CT molecular complexity index is 948. The number of anilines is 1. The topological polar surface area (TPSA) is 84.9 Å². The molecule has 7 heteroatoms. The Hall–Kier alpha value is -3.35. The SMILES string of the molecule is COc1cc(NC(=O)C(C(C)C)N2C(=O)c3ccccc3C2=O)c(OC)cc1C. The largest absolute Gasteiger partial charge is 0.496 e. The molecule has 2 aromatic carbocycles. The highest BCUT2D eigenvalue weighted by atomic mass is 16.5. The van der Waals surface area contributed by atoms with E-state index in [-0.39, 0.29) is 5.92 Å². The van der Waals surface area contributed by atoms with E-state index in [9.17, 15) is 14.4 Å². The number of imide groups is 1. The Morgan fingerprint density at radius 3 is 2.00 bits per heavy atom. The molecule has 0 saturated carbocycles. The van der Waals surface area contributed by atoms with Crippen LogP contribution in [0.1, 0.15) is 40.1 Å². The van der Waals surface area contributed by atoms with Gasteiger partial charge in [0, 0.05) is 6.07 Å². The molecule has 1 atom stereocenters. The van der Waals surface area contributed by atoms with Gasteiger partial charge < -0.3 is 14.8 Å². The Morgan fingerprint density at radius 1 is 0.966 bits per heavy atom.